The monoisotopic (exact) mass is 403 g/mol. The van der Waals surface area contributed by atoms with E-state index in [-0.39, 0.29) is 30.7 Å². The first-order valence-electron chi connectivity index (χ1n) is 8.20. The first kappa shape index (κ1) is 20.2. The van der Waals surface area contributed by atoms with Gasteiger partial charge in [0.1, 0.15) is 11.3 Å². The summed E-state index contributed by atoms with van der Waals surface area (Å²) in [7, 11) is 0. The lowest BCUT2D eigenvalue weighted by atomic mass is 9.78. The van der Waals surface area contributed by atoms with Gasteiger partial charge in [0.2, 0.25) is 5.91 Å². The van der Waals surface area contributed by atoms with Gasteiger partial charge in [0.05, 0.1) is 18.4 Å². The molecule has 5 nitrogen and oxygen atoms in total. The Bertz CT molecular complexity index is 674. The summed E-state index contributed by atoms with van der Waals surface area (Å²) in [5, 5.41) is 6.35. The van der Waals surface area contributed by atoms with Crippen LogP contribution >= 0.6 is 36.2 Å². The van der Waals surface area contributed by atoms with Crippen molar-refractivity contribution < 1.29 is 9.21 Å². The third-order valence-corrected chi connectivity index (χ3v) is 6.10. The Kier molecular flexibility index (Phi) is 6.91. The smallest absolute Gasteiger partial charge is 0.228 e. The van der Waals surface area contributed by atoms with E-state index in [2.05, 4.69) is 10.3 Å². The second kappa shape index (κ2) is 8.54. The zero-order chi connectivity index (χ0) is 15.7. The summed E-state index contributed by atoms with van der Waals surface area (Å²) in [6, 6.07) is 1.89. The van der Waals surface area contributed by atoms with Gasteiger partial charge >= 0.3 is 0 Å². The van der Waals surface area contributed by atoms with Crippen molar-refractivity contribution in [2.45, 2.75) is 25.7 Å². The maximum Gasteiger partial charge on any atom is 0.228 e. The third-order valence-electron chi connectivity index (χ3n) is 5.16. The lowest BCUT2D eigenvalue weighted by Crippen LogP contribution is -2.44. The number of nitrogens with one attached hydrogen (secondary N) is 1. The standard InChI is InChI=1S/C17H21N3O2S.2ClH/c21-15(20-6-3-17(4-7-20)2-5-18-12-17)9-14-11-23-16(19-14)13-1-8-22-10-13;;/h1,8,10-11,18H,2-7,9,12H2;2*1H. The minimum absolute atomic E-state index is 0. The predicted octanol–water partition coefficient (Wildman–Crippen LogP) is 3.39. The quantitative estimate of drug-likeness (QED) is 0.852. The normalized spacial score (nSPS) is 18.6. The number of furan rings is 1. The highest BCUT2D eigenvalue weighted by molar-refractivity contribution is 7.13. The molecule has 0 atom stereocenters. The molecule has 0 aliphatic carbocycles. The fourth-order valence-electron chi connectivity index (χ4n) is 3.63. The van der Waals surface area contributed by atoms with Gasteiger partial charge in [0.25, 0.3) is 0 Å². The molecule has 0 radical (unpaired) electrons. The minimum atomic E-state index is 0. The average Bonchev–Trinajstić information content (AvgIpc) is 3.29. The number of rotatable bonds is 3. The van der Waals surface area contributed by atoms with Crippen LogP contribution in [0.3, 0.4) is 0 Å². The van der Waals surface area contributed by atoms with Crippen molar-refractivity contribution in [1.29, 1.82) is 0 Å². The molecule has 0 unspecified atom stereocenters. The zero-order valence-corrected chi connectivity index (χ0v) is 16.4. The van der Waals surface area contributed by atoms with E-state index in [0.717, 1.165) is 55.3 Å². The molecule has 4 rings (SSSR count). The molecule has 8 heteroatoms. The molecule has 2 aliphatic rings. The van der Waals surface area contributed by atoms with E-state index in [1.54, 1.807) is 23.9 Å². The second-order valence-electron chi connectivity index (χ2n) is 6.64. The highest BCUT2D eigenvalue weighted by Gasteiger charge is 2.37. The van der Waals surface area contributed by atoms with Gasteiger partial charge in [-0.25, -0.2) is 4.98 Å². The van der Waals surface area contributed by atoms with E-state index >= 15 is 0 Å². The van der Waals surface area contributed by atoms with Crippen LogP contribution in [0.25, 0.3) is 10.6 Å². The molecule has 138 valence electrons. The maximum atomic E-state index is 12.5. The average molecular weight is 404 g/mol. The number of carbonyl (C=O) groups is 1. The summed E-state index contributed by atoms with van der Waals surface area (Å²) in [6.45, 7) is 4.03. The molecule has 0 saturated carbocycles. The van der Waals surface area contributed by atoms with E-state index < -0.39 is 0 Å². The van der Waals surface area contributed by atoms with Gasteiger partial charge in [-0.15, -0.1) is 36.2 Å². The summed E-state index contributed by atoms with van der Waals surface area (Å²) in [5.41, 5.74) is 2.28. The molecular weight excluding hydrogens is 381 g/mol. The van der Waals surface area contributed by atoms with Crippen LogP contribution in [0.4, 0.5) is 0 Å². The van der Waals surface area contributed by atoms with E-state index in [1.807, 2.05) is 16.3 Å². The molecule has 4 heterocycles. The van der Waals surface area contributed by atoms with Gasteiger partial charge in [-0.05, 0) is 37.3 Å². The van der Waals surface area contributed by atoms with Gasteiger partial charge in [-0.2, -0.15) is 0 Å². The SMILES string of the molecule is Cl.Cl.O=C(Cc1csc(-c2ccoc2)n1)N1CCC2(CCNC2)CC1. The van der Waals surface area contributed by atoms with Crippen molar-refractivity contribution in [1.82, 2.24) is 15.2 Å². The largest absolute Gasteiger partial charge is 0.472 e. The molecule has 1 N–H and O–H groups in total. The van der Waals surface area contributed by atoms with E-state index in [0.29, 0.717) is 11.8 Å². The van der Waals surface area contributed by atoms with Gasteiger partial charge in [-0.3, -0.25) is 4.79 Å². The second-order valence-corrected chi connectivity index (χ2v) is 7.50. The molecule has 0 aromatic carbocycles. The summed E-state index contributed by atoms with van der Waals surface area (Å²) in [5.74, 6) is 0.204. The summed E-state index contributed by atoms with van der Waals surface area (Å²) < 4.78 is 5.09. The molecule has 1 amide bonds. The number of amides is 1. The van der Waals surface area contributed by atoms with Crippen molar-refractivity contribution in [3.63, 3.8) is 0 Å². The fraction of sp³-hybridized carbons (Fsp3) is 0.529. The third kappa shape index (κ3) is 4.37. The Balaban J connectivity index is 0.00000113. The highest BCUT2D eigenvalue weighted by atomic mass is 35.5. The molecule has 2 saturated heterocycles. The molecular formula is C17H23Cl2N3O2S. The predicted molar refractivity (Wildman–Crippen MR) is 104 cm³/mol. The first-order valence-corrected chi connectivity index (χ1v) is 9.08. The molecule has 1 spiro atoms. The van der Waals surface area contributed by atoms with Crippen LogP contribution in [-0.2, 0) is 11.2 Å². The highest BCUT2D eigenvalue weighted by Crippen LogP contribution is 2.37. The topological polar surface area (TPSA) is 58.4 Å². The molecule has 2 aromatic rings. The Morgan fingerprint density at radius 3 is 2.76 bits per heavy atom. The number of nitrogens with zero attached hydrogens (tertiary/aromatic N) is 2. The molecule has 2 fully saturated rings. The number of aromatic nitrogens is 1. The first-order chi connectivity index (χ1) is 11.2. The number of carbonyl (C=O) groups excluding carboxylic acids is 1. The van der Waals surface area contributed by atoms with Gasteiger partial charge in [-0.1, -0.05) is 0 Å². The van der Waals surface area contributed by atoms with Crippen LogP contribution in [0.5, 0.6) is 0 Å². The summed E-state index contributed by atoms with van der Waals surface area (Å²) >= 11 is 1.56. The number of hydrogen-bond acceptors (Lipinski definition) is 5. The van der Waals surface area contributed by atoms with Gasteiger partial charge < -0.3 is 14.6 Å². The van der Waals surface area contributed by atoms with Crippen LogP contribution in [0.1, 0.15) is 25.0 Å². The van der Waals surface area contributed by atoms with Crippen molar-refractivity contribution in [3.8, 4) is 10.6 Å². The van der Waals surface area contributed by atoms with Crippen molar-refractivity contribution in [2.75, 3.05) is 26.2 Å². The fourth-order valence-corrected chi connectivity index (χ4v) is 4.43. The van der Waals surface area contributed by atoms with Crippen LogP contribution in [0.15, 0.2) is 28.4 Å². The Hall–Kier alpha value is -1.08. The number of piperidine rings is 1. The number of likely N-dealkylation sites (tertiary alicyclic amines) is 1. The van der Waals surface area contributed by atoms with E-state index in [1.165, 1.54) is 6.42 Å². The van der Waals surface area contributed by atoms with Gasteiger partial charge in [0.15, 0.2) is 0 Å². The van der Waals surface area contributed by atoms with Crippen molar-refractivity contribution >= 4 is 42.1 Å². The Morgan fingerprint density at radius 2 is 2.12 bits per heavy atom. The lowest BCUT2D eigenvalue weighted by molar-refractivity contribution is -0.132. The number of halogens is 2. The van der Waals surface area contributed by atoms with Gasteiger partial charge in [0, 0.05) is 30.6 Å². The van der Waals surface area contributed by atoms with Crippen LogP contribution in [-0.4, -0.2) is 42.0 Å². The molecule has 0 bridgehead atoms. The Morgan fingerprint density at radius 1 is 1.32 bits per heavy atom. The molecule has 25 heavy (non-hydrogen) atoms. The van der Waals surface area contributed by atoms with Crippen LogP contribution < -0.4 is 5.32 Å². The van der Waals surface area contributed by atoms with Crippen molar-refractivity contribution in [2.24, 2.45) is 5.41 Å². The zero-order valence-electron chi connectivity index (χ0n) is 13.9. The van der Waals surface area contributed by atoms with E-state index in [9.17, 15) is 4.79 Å². The van der Waals surface area contributed by atoms with Crippen LogP contribution in [0.2, 0.25) is 0 Å². The lowest BCUT2D eigenvalue weighted by Gasteiger charge is -2.38. The molecule has 2 aromatic heterocycles. The summed E-state index contributed by atoms with van der Waals surface area (Å²) in [4.78, 5) is 19.1. The van der Waals surface area contributed by atoms with Crippen molar-refractivity contribution in [3.05, 3.63) is 29.7 Å². The van der Waals surface area contributed by atoms with E-state index in [4.69, 9.17) is 4.42 Å². The van der Waals surface area contributed by atoms with Crippen LogP contribution in [0, 0.1) is 5.41 Å². The summed E-state index contributed by atoms with van der Waals surface area (Å²) in [6.07, 6.45) is 7.24. The number of hydrogen-bond donors (Lipinski definition) is 1. The minimum Gasteiger partial charge on any atom is -0.472 e. The molecule has 2 aliphatic heterocycles. The maximum absolute atomic E-state index is 12.5. The number of thiazole rings is 1. The Labute approximate surface area is 164 Å².